The van der Waals surface area contributed by atoms with Gasteiger partial charge in [-0.1, -0.05) is 44.5 Å². The van der Waals surface area contributed by atoms with E-state index in [4.69, 9.17) is 24.1 Å². The molecule has 6 N–H and O–H groups in total. The van der Waals surface area contributed by atoms with Crippen LogP contribution in [0.15, 0.2) is 65.6 Å². The van der Waals surface area contributed by atoms with Crippen LogP contribution in [0, 0.1) is 13.8 Å². The van der Waals surface area contributed by atoms with Crippen molar-refractivity contribution in [1.82, 2.24) is 10.3 Å². The fraction of sp³-hybridized carbons (Fsp3) is 0.362. The summed E-state index contributed by atoms with van der Waals surface area (Å²) in [4.78, 5) is 80.4. The number of benzene rings is 3. The van der Waals surface area contributed by atoms with Crippen LogP contribution < -0.4 is 25.8 Å². The first-order valence-electron chi connectivity index (χ1n) is 21.3. The largest absolute Gasteiger partial charge is 0.462 e. The van der Waals surface area contributed by atoms with Crippen LogP contribution in [0.2, 0.25) is 0 Å². The topological polar surface area (TPSA) is 251 Å². The van der Waals surface area contributed by atoms with Gasteiger partial charge in [0, 0.05) is 54.6 Å². The van der Waals surface area contributed by atoms with Gasteiger partial charge in [0.15, 0.2) is 6.10 Å². The number of hydrogen-bond acceptors (Lipinski definition) is 13. The van der Waals surface area contributed by atoms with Gasteiger partial charge < -0.3 is 39.9 Å². The number of nitrogens with two attached hydrogens (primary N) is 1. The lowest BCUT2D eigenvalue weighted by Crippen LogP contribution is -2.31. The number of ketones is 1. The van der Waals surface area contributed by atoms with Crippen molar-refractivity contribution in [3.05, 3.63) is 99.9 Å². The fourth-order valence-corrected chi connectivity index (χ4v) is 7.51. The quantitative estimate of drug-likeness (QED) is 0.0244. The molecule has 3 aromatic carbocycles. The number of para-hydroxylation sites is 1. The van der Waals surface area contributed by atoms with Gasteiger partial charge in [0.05, 0.1) is 28.8 Å². The summed E-state index contributed by atoms with van der Waals surface area (Å²) in [6, 6.07) is 15.9. The van der Waals surface area contributed by atoms with Crippen LogP contribution in [0.4, 0.5) is 11.4 Å². The van der Waals surface area contributed by atoms with Crippen molar-refractivity contribution in [2.24, 2.45) is 5.14 Å². The zero-order valence-corrected chi connectivity index (χ0v) is 38.1. The summed E-state index contributed by atoms with van der Waals surface area (Å²) in [5, 5.41) is 14.3. The molecule has 1 aliphatic rings. The predicted octanol–water partition coefficient (Wildman–Crippen LogP) is 6.53. The Kier molecular flexibility index (Phi) is 16.8. The first-order chi connectivity index (χ1) is 30.9. The third kappa shape index (κ3) is 13.1. The average molecular weight is 914 g/mol. The standard InChI is InChI=1S/C47H55N5O12S/c1-7-9-20-49-39-25-40(64-33-13-11-10-12-14-33)41(65(48,59)60)24-36(39)47(58)63-30(6)46(57)62-27(3)26-61-42(54)18-16-32(53)21-31-15-17-37-34(22-31)35(44(55)52-37)23-38-28(4)43(29(5)51-38)45(56)50-19-8-2/h10-15,17,22-25,27,30,49,51H,7-9,16,18-21,26H2,1-6H3,(H,50,56)(H,52,55)(H2,48,59,60)/b35-23-. The number of aryl methyl sites for hydroxylation is 1. The molecule has 0 spiro atoms. The Morgan fingerprint density at radius 2 is 1.65 bits per heavy atom. The number of carbonyl (C=O) groups excluding carboxylic acids is 6. The molecule has 2 unspecified atom stereocenters. The molecule has 0 bridgehead atoms. The molecular weight excluding hydrogens is 859 g/mol. The summed E-state index contributed by atoms with van der Waals surface area (Å²) in [6.07, 6.45) is 1.20. The van der Waals surface area contributed by atoms with Crippen LogP contribution in [-0.2, 0) is 49.8 Å². The van der Waals surface area contributed by atoms with Gasteiger partial charge in [-0.3, -0.25) is 19.2 Å². The van der Waals surface area contributed by atoms with Crippen molar-refractivity contribution >= 4 is 68.6 Å². The second-order valence-corrected chi connectivity index (χ2v) is 17.1. The molecule has 1 aliphatic heterocycles. The van der Waals surface area contributed by atoms with Crippen molar-refractivity contribution in [2.45, 2.75) is 97.2 Å². The van der Waals surface area contributed by atoms with Gasteiger partial charge in [-0.05, 0) is 88.1 Å². The number of hydrogen-bond donors (Lipinski definition) is 5. The Morgan fingerprint density at radius 1 is 0.908 bits per heavy atom. The third-order valence-corrected chi connectivity index (χ3v) is 11.2. The smallest absolute Gasteiger partial charge is 0.347 e. The molecule has 2 atom stereocenters. The fourth-order valence-electron chi connectivity index (χ4n) is 6.85. The number of amides is 2. The SMILES string of the molecule is CCCCNc1cc(Oc2ccccc2)c(S(N)(=O)=O)cc1C(=O)OC(C)C(=O)OC(C)COC(=O)CCC(=O)Cc1ccc2c(c1)/C(=C/c1[nH]c(C)c(C(=O)NCCC)c1C)C(=O)N2. The maximum Gasteiger partial charge on any atom is 0.347 e. The molecule has 1 aromatic heterocycles. The van der Waals surface area contributed by atoms with E-state index in [1.54, 1.807) is 61.5 Å². The minimum atomic E-state index is -4.41. The number of rotatable bonds is 22. The highest BCUT2D eigenvalue weighted by atomic mass is 32.2. The molecule has 4 aromatic rings. The molecule has 0 saturated heterocycles. The molecule has 65 heavy (non-hydrogen) atoms. The van der Waals surface area contributed by atoms with Crippen molar-refractivity contribution in [2.75, 3.05) is 30.3 Å². The lowest BCUT2D eigenvalue weighted by atomic mass is 9.98. The number of aromatic amines is 1. The normalized spacial score (nSPS) is 13.6. The van der Waals surface area contributed by atoms with Crippen molar-refractivity contribution in [3.63, 3.8) is 0 Å². The predicted molar refractivity (Wildman–Crippen MR) is 243 cm³/mol. The number of unbranched alkanes of at least 4 members (excludes halogenated alkanes) is 1. The Labute approximate surface area is 377 Å². The summed E-state index contributed by atoms with van der Waals surface area (Å²) in [7, 11) is -4.41. The van der Waals surface area contributed by atoms with E-state index in [9.17, 15) is 37.2 Å². The van der Waals surface area contributed by atoms with Gasteiger partial charge in [-0.2, -0.15) is 0 Å². The monoisotopic (exact) mass is 913 g/mol. The molecule has 0 fully saturated rings. The van der Waals surface area contributed by atoms with Crippen LogP contribution in [0.5, 0.6) is 11.5 Å². The second-order valence-electron chi connectivity index (χ2n) is 15.6. The summed E-state index contributed by atoms with van der Waals surface area (Å²) in [6.45, 7) is 10.9. The maximum atomic E-state index is 13.4. The molecule has 2 heterocycles. The number of H-pyrrole nitrogens is 1. The number of primary sulfonamides is 1. The molecule has 5 rings (SSSR count). The molecular formula is C47H55N5O12S. The summed E-state index contributed by atoms with van der Waals surface area (Å²) < 4.78 is 47.1. The number of anilines is 2. The van der Waals surface area contributed by atoms with Crippen molar-refractivity contribution in [3.8, 4) is 11.5 Å². The summed E-state index contributed by atoms with van der Waals surface area (Å²) >= 11 is 0. The number of Topliss-reactive ketones (excluding diaryl/α,β-unsaturated/α-hetero) is 1. The number of aromatic nitrogens is 1. The van der Waals surface area contributed by atoms with E-state index in [-0.39, 0.29) is 60.5 Å². The van der Waals surface area contributed by atoms with E-state index in [0.717, 1.165) is 25.3 Å². The van der Waals surface area contributed by atoms with E-state index < -0.39 is 45.0 Å². The van der Waals surface area contributed by atoms with Gasteiger partial charge in [0.2, 0.25) is 10.0 Å². The maximum absolute atomic E-state index is 13.4. The van der Waals surface area contributed by atoms with Crippen LogP contribution in [0.3, 0.4) is 0 Å². The molecule has 346 valence electrons. The first-order valence-corrected chi connectivity index (χ1v) is 22.8. The van der Waals surface area contributed by atoms with Crippen LogP contribution >= 0.6 is 0 Å². The highest BCUT2D eigenvalue weighted by Crippen LogP contribution is 2.36. The van der Waals surface area contributed by atoms with Gasteiger partial charge in [-0.25, -0.2) is 23.1 Å². The van der Waals surface area contributed by atoms with Crippen LogP contribution in [0.1, 0.15) is 109 Å². The second kappa shape index (κ2) is 22.2. The Morgan fingerprint density at radius 3 is 2.34 bits per heavy atom. The van der Waals surface area contributed by atoms with E-state index in [2.05, 4.69) is 20.9 Å². The lowest BCUT2D eigenvalue weighted by molar-refractivity contribution is -0.164. The van der Waals surface area contributed by atoms with Gasteiger partial charge in [0.25, 0.3) is 11.8 Å². The van der Waals surface area contributed by atoms with Gasteiger partial charge in [0.1, 0.15) is 34.9 Å². The third-order valence-electron chi connectivity index (χ3n) is 10.2. The van der Waals surface area contributed by atoms with E-state index >= 15 is 0 Å². The molecule has 17 nitrogen and oxygen atoms in total. The number of nitrogens with one attached hydrogen (secondary N) is 4. The summed E-state index contributed by atoms with van der Waals surface area (Å²) in [5.74, 6) is -3.29. The lowest BCUT2D eigenvalue weighted by Gasteiger charge is -2.19. The van der Waals surface area contributed by atoms with Crippen molar-refractivity contribution < 1.29 is 56.1 Å². The van der Waals surface area contributed by atoms with Gasteiger partial charge >= 0.3 is 17.9 Å². The first kappa shape index (κ1) is 49.2. The number of sulfonamides is 1. The Bertz CT molecular complexity index is 2590. The van der Waals surface area contributed by atoms with Crippen molar-refractivity contribution in [1.29, 1.82) is 0 Å². The average Bonchev–Trinajstić information content (AvgIpc) is 3.72. The molecule has 0 aliphatic carbocycles. The number of ether oxygens (including phenoxy) is 4. The highest BCUT2D eigenvalue weighted by Gasteiger charge is 2.29. The minimum absolute atomic E-state index is 0.0136. The minimum Gasteiger partial charge on any atom is -0.462 e. The summed E-state index contributed by atoms with van der Waals surface area (Å²) in [5.41, 5.74) is 4.66. The molecule has 0 saturated carbocycles. The Balaban J connectivity index is 1.13. The zero-order valence-electron chi connectivity index (χ0n) is 37.3. The Hall–Kier alpha value is -6.79. The van der Waals surface area contributed by atoms with Crippen LogP contribution in [-0.4, -0.2) is 80.8 Å². The van der Waals surface area contributed by atoms with Crippen LogP contribution in [0.25, 0.3) is 11.6 Å². The number of carbonyl (C=O) groups is 6. The van der Waals surface area contributed by atoms with E-state index in [1.165, 1.54) is 19.9 Å². The molecule has 2 amide bonds. The number of fused-ring (bicyclic) bond motifs is 1. The molecule has 18 heteroatoms. The van der Waals surface area contributed by atoms with E-state index in [1.807, 2.05) is 20.8 Å². The zero-order chi connectivity index (χ0) is 47.4. The highest BCUT2D eigenvalue weighted by molar-refractivity contribution is 7.89. The number of esters is 3. The molecule has 0 radical (unpaired) electrons. The van der Waals surface area contributed by atoms with E-state index in [0.29, 0.717) is 63.7 Å². The van der Waals surface area contributed by atoms with Gasteiger partial charge in [-0.15, -0.1) is 0 Å².